The number of rotatable bonds is 6. The van der Waals surface area contributed by atoms with Crippen LogP contribution in [0.1, 0.15) is 50.5 Å². The Hall–Kier alpha value is -1.61. The van der Waals surface area contributed by atoms with Gasteiger partial charge in [0, 0.05) is 12.1 Å². The fraction of sp³-hybridized carbons (Fsp3) is 0.632. The first kappa shape index (κ1) is 21.1. The Morgan fingerprint density at radius 3 is 2.39 bits per heavy atom. The monoisotopic (exact) mass is 418 g/mol. The summed E-state index contributed by atoms with van der Waals surface area (Å²) in [5.41, 5.74) is -0.970. The maximum atomic E-state index is 12.8. The number of carbonyl (C=O) groups is 1. The predicted molar refractivity (Wildman–Crippen MR) is 98.5 cm³/mol. The molecule has 2 aliphatic rings. The van der Waals surface area contributed by atoms with Crippen LogP contribution in [0.5, 0.6) is 0 Å². The maximum absolute atomic E-state index is 12.8. The van der Waals surface area contributed by atoms with Crippen molar-refractivity contribution >= 4 is 15.7 Å². The summed E-state index contributed by atoms with van der Waals surface area (Å²) in [4.78, 5) is 11.7. The van der Waals surface area contributed by atoms with Gasteiger partial charge in [0.05, 0.1) is 22.3 Å². The number of nitrogens with one attached hydrogen (secondary N) is 2. The summed E-state index contributed by atoms with van der Waals surface area (Å²) >= 11 is 0. The molecule has 0 aliphatic heterocycles. The van der Waals surface area contributed by atoms with Crippen LogP contribution in [0.4, 0.5) is 13.2 Å². The third kappa shape index (κ3) is 5.05. The molecule has 2 aliphatic carbocycles. The molecule has 1 amide bonds. The van der Waals surface area contributed by atoms with E-state index in [2.05, 4.69) is 10.6 Å². The highest BCUT2D eigenvalue weighted by Crippen LogP contribution is 2.35. The summed E-state index contributed by atoms with van der Waals surface area (Å²) in [5, 5.41) is 5.30. The van der Waals surface area contributed by atoms with Crippen LogP contribution in [0.2, 0.25) is 0 Å². The average Bonchev–Trinajstić information content (AvgIpc) is 2.60. The van der Waals surface area contributed by atoms with Gasteiger partial charge < -0.3 is 10.6 Å². The van der Waals surface area contributed by atoms with Gasteiger partial charge in [-0.2, -0.15) is 13.2 Å². The smallest absolute Gasteiger partial charge is 0.352 e. The fourth-order valence-corrected chi connectivity index (χ4v) is 5.71. The first-order valence-corrected chi connectivity index (χ1v) is 11.1. The first-order valence-electron chi connectivity index (χ1n) is 9.60. The molecule has 1 aromatic carbocycles. The van der Waals surface area contributed by atoms with Gasteiger partial charge in [-0.1, -0.05) is 25.3 Å². The number of sulfone groups is 1. The second-order valence-electron chi connectivity index (χ2n) is 7.64. The Morgan fingerprint density at radius 1 is 1.07 bits per heavy atom. The molecule has 3 rings (SSSR count). The summed E-state index contributed by atoms with van der Waals surface area (Å²) in [6, 6.07) is 3.95. The van der Waals surface area contributed by atoms with Crippen molar-refractivity contribution < 1.29 is 26.4 Å². The summed E-state index contributed by atoms with van der Waals surface area (Å²) in [6.07, 6.45) is 1.42. The molecule has 0 heterocycles. The van der Waals surface area contributed by atoms with E-state index in [1.54, 1.807) is 0 Å². The molecule has 0 unspecified atom stereocenters. The second-order valence-corrected chi connectivity index (χ2v) is 9.87. The normalized spacial score (nSPS) is 23.8. The van der Waals surface area contributed by atoms with Gasteiger partial charge >= 0.3 is 6.18 Å². The average molecular weight is 418 g/mol. The first-order chi connectivity index (χ1) is 13.2. The van der Waals surface area contributed by atoms with Gasteiger partial charge in [0.15, 0.2) is 9.84 Å². The Balaban J connectivity index is 1.48. The number of halogens is 3. The minimum Gasteiger partial charge on any atom is -0.352 e. The van der Waals surface area contributed by atoms with Crippen molar-refractivity contribution in [3.8, 4) is 0 Å². The lowest BCUT2D eigenvalue weighted by molar-refractivity contribution is -0.137. The molecule has 0 saturated heterocycles. The topological polar surface area (TPSA) is 75.3 Å². The predicted octanol–water partition coefficient (Wildman–Crippen LogP) is 3.05. The second kappa shape index (κ2) is 8.41. The number of carbonyl (C=O) groups excluding carboxylic acids is 1. The standard InChI is InChI=1S/C19H25F3N2O3S/c20-19(21,22)13-5-4-8-16(9-13)28(26,27)17-10-15(11-17)23-12-18(25)24-14-6-2-1-3-7-14/h4-5,8-9,14-15,17,23H,1-3,6-7,10-12H2,(H,24,25)/t15-,17-. The number of benzene rings is 1. The molecule has 0 bridgehead atoms. The Labute approximate surface area is 163 Å². The van der Waals surface area contributed by atoms with Crippen molar-refractivity contribution in [2.75, 3.05) is 6.54 Å². The molecule has 28 heavy (non-hydrogen) atoms. The van der Waals surface area contributed by atoms with E-state index < -0.39 is 26.8 Å². The minimum atomic E-state index is -4.58. The van der Waals surface area contributed by atoms with Crippen molar-refractivity contribution in [3.63, 3.8) is 0 Å². The molecule has 0 atom stereocenters. The van der Waals surface area contributed by atoms with Crippen LogP contribution in [-0.4, -0.2) is 38.2 Å². The zero-order chi connectivity index (χ0) is 20.4. The van der Waals surface area contributed by atoms with Crippen molar-refractivity contribution in [1.29, 1.82) is 0 Å². The summed E-state index contributed by atoms with van der Waals surface area (Å²) in [6.45, 7) is 0.123. The van der Waals surface area contributed by atoms with Crippen LogP contribution >= 0.6 is 0 Å². The van der Waals surface area contributed by atoms with Crippen LogP contribution in [-0.2, 0) is 20.8 Å². The SMILES string of the molecule is O=C(CN[C@H]1C[C@H](S(=O)(=O)c2cccc(C(F)(F)F)c2)C1)NC1CCCCC1. The minimum absolute atomic E-state index is 0.101. The molecular weight excluding hydrogens is 393 g/mol. The van der Waals surface area contributed by atoms with Crippen LogP contribution in [0.25, 0.3) is 0 Å². The zero-order valence-corrected chi connectivity index (χ0v) is 16.3. The fourth-order valence-electron chi connectivity index (χ4n) is 3.79. The highest BCUT2D eigenvalue weighted by Gasteiger charge is 2.40. The van der Waals surface area contributed by atoms with Crippen molar-refractivity contribution in [2.45, 2.75) is 73.4 Å². The molecule has 0 aromatic heterocycles. The van der Waals surface area contributed by atoms with E-state index in [0.717, 1.165) is 37.8 Å². The van der Waals surface area contributed by atoms with Gasteiger partial charge in [-0.3, -0.25) is 4.79 Å². The molecular formula is C19H25F3N2O3S. The molecule has 156 valence electrons. The van der Waals surface area contributed by atoms with Crippen LogP contribution in [0, 0.1) is 0 Å². The third-order valence-corrected chi connectivity index (χ3v) is 7.72. The molecule has 1 aromatic rings. The number of amides is 1. The van der Waals surface area contributed by atoms with E-state index in [1.165, 1.54) is 12.5 Å². The Morgan fingerprint density at radius 2 is 1.75 bits per heavy atom. The van der Waals surface area contributed by atoms with Crippen LogP contribution in [0.3, 0.4) is 0 Å². The number of hydrogen-bond acceptors (Lipinski definition) is 4. The lowest BCUT2D eigenvalue weighted by Gasteiger charge is -2.35. The summed E-state index contributed by atoms with van der Waals surface area (Å²) in [7, 11) is -3.82. The van der Waals surface area contributed by atoms with Gasteiger partial charge in [-0.25, -0.2) is 8.42 Å². The van der Waals surface area contributed by atoms with Crippen molar-refractivity contribution in [2.24, 2.45) is 0 Å². The van der Waals surface area contributed by atoms with Gasteiger partial charge in [0.25, 0.3) is 0 Å². The van der Waals surface area contributed by atoms with E-state index in [-0.39, 0.29) is 42.3 Å². The summed E-state index contributed by atoms with van der Waals surface area (Å²) < 4.78 is 63.6. The van der Waals surface area contributed by atoms with Gasteiger partial charge in [-0.05, 0) is 43.9 Å². The largest absolute Gasteiger partial charge is 0.416 e. The van der Waals surface area contributed by atoms with Gasteiger partial charge in [0.2, 0.25) is 5.91 Å². The Bertz CT molecular complexity index is 799. The lowest BCUT2D eigenvalue weighted by atomic mass is 9.92. The molecule has 5 nitrogen and oxygen atoms in total. The maximum Gasteiger partial charge on any atom is 0.416 e. The highest BCUT2D eigenvalue weighted by molar-refractivity contribution is 7.92. The Kier molecular flexibility index (Phi) is 6.34. The van der Waals surface area contributed by atoms with E-state index in [0.29, 0.717) is 6.07 Å². The summed E-state index contributed by atoms with van der Waals surface area (Å²) in [5.74, 6) is -0.101. The number of hydrogen-bond donors (Lipinski definition) is 2. The molecule has 2 N–H and O–H groups in total. The molecule has 9 heteroatoms. The zero-order valence-electron chi connectivity index (χ0n) is 15.5. The number of alkyl halides is 3. The molecule has 0 spiro atoms. The quantitative estimate of drug-likeness (QED) is 0.745. The van der Waals surface area contributed by atoms with Crippen molar-refractivity contribution in [1.82, 2.24) is 10.6 Å². The molecule has 0 radical (unpaired) electrons. The van der Waals surface area contributed by atoms with E-state index in [9.17, 15) is 26.4 Å². The van der Waals surface area contributed by atoms with Crippen LogP contribution < -0.4 is 10.6 Å². The molecule has 2 saturated carbocycles. The third-order valence-electron chi connectivity index (χ3n) is 5.55. The lowest BCUT2D eigenvalue weighted by Crippen LogP contribution is -2.51. The van der Waals surface area contributed by atoms with Crippen LogP contribution in [0.15, 0.2) is 29.2 Å². The van der Waals surface area contributed by atoms with E-state index >= 15 is 0 Å². The highest BCUT2D eigenvalue weighted by atomic mass is 32.2. The van der Waals surface area contributed by atoms with Crippen molar-refractivity contribution in [3.05, 3.63) is 29.8 Å². The molecule has 2 fully saturated rings. The van der Waals surface area contributed by atoms with E-state index in [1.807, 2.05) is 0 Å². The van der Waals surface area contributed by atoms with Gasteiger partial charge in [-0.15, -0.1) is 0 Å². The van der Waals surface area contributed by atoms with Gasteiger partial charge in [0.1, 0.15) is 0 Å². The van der Waals surface area contributed by atoms with E-state index in [4.69, 9.17) is 0 Å².